The molecule has 0 radical (unpaired) electrons. The summed E-state index contributed by atoms with van der Waals surface area (Å²) >= 11 is 6.14. The predicted molar refractivity (Wildman–Crippen MR) is 178 cm³/mol. The molecule has 0 bridgehead atoms. The van der Waals surface area contributed by atoms with E-state index in [1.54, 1.807) is 38.1 Å². The molecule has 2 aromatic carbocycles. The van der Waals surface area contributed by atoms with Crippen LogP contribution in [0, 0.1) is 5.92 Å². The van der Waals surface area contributed by atoms with Gasteiger partial charge in [-0.25, -0.2) is 24.0 Å². The van der Waals surface area contributed by atoms with Crippen LogP contribution >= 0.6 is 11.6 Å². The molecule has 0 spiro atoms. The Morgan fingerprint density at radius 1 is 0.939 bits per heavy atom. The highest BCUT2D eigenvalue weighted by atomic mass is 35.5. The number of aliphatic hydroxyl groups excluding tert-OH is 1. The molecule has 0 saturated carbocycles. The summed E-state index contributed by atoms with van der Waals surface area (Å²) in [5, 5.41) is 19.2. The summed E-state index contributed by atoms with van der Waals surface area (Å²) in [5.41, 5.74) is 1.99. The number of aliphatic hydroxyl groups is 1. The number of nitrogens with zero attached hydrogens (tertiary/aromatic N) is 2. The number of methoxy groups -OCH3 is 1. The molecule has 3 atom stereocenters. The van der Waals surface area contributed by atoms with Crippen molar-refractivity contribution in [2.75, 3.05) is 13.9 Å². The Morgan fingerprint density at radius 2 is 1.67 bits per heavy atom. The van der Waals surface area contributed by atoms with Crippen LogP contribution in [0.3, 0.4) is 0 Å². The minimum atomic E-state index is -1.74. The number of esters is 2. The van der Waals surface area contributed by atoms with Gasteiger partial charge in [-0.15, -0.1) is 0 Å². The first-order valence-electron chi connectivity index (χ1n) is 15.2. The van der Waals surface area contributed by atoms with Gasteiger partial charge in [0.05, 0.1) is 7.11 Å². The van der Waals surface area contributed by atoms with E-state index in [0.29, 0.717) is 5.02 Å². The van der Waals surface area contributed by atoms with Crippen molar-refractivity contribution in [3.63, 3.8) is 0 Å². The van der Waals surface area contributed by atoms with Crippen molar-refractivity contribution in [3.8, 4) is 16.9 Å². The molecule has 15 heteroatoms. The molecule has 2 aromatic heterocycles. The predicted octanol–water partition coefficient (Wildman–Crippen LogP) is 3.40. The molecule has 2 amide bonds. The molecule has 0 fully saturated rings. The van der Waals surface area contributed by atoms with Crippen LogP contribution in [0.2, 0.25) is 5.02 Å². The largest absolute Gasteiger partial charge is 0.453 e. The summed E-state index contributed by atoms with van der Waals surface area (Å²) in [5.74, 6) is -2.74. The Kier molecular flexibility index (Phi) is 12.7. The number of nitrogens with one attached hydrogen (secondary N) is 3. The maximum Gasteiger partial charge on any atom is 0.407 e. The number of ether oxygens (including phenoxy) is 3. The topological polar surface area (TPSA) is 191 Å². The molecule has 49 heavy (non-hydrogen) atoms. The second kappa shape index (κ2) is 17.1. The summed E-state index contributed by atoms with van der Waals surface area (Å²) in [6.07, 6.45) is -1.19. The van der Waals surface area contributed by atoms with E-state index < -0.39 is 54.5 Å². The lowest BCUT2D eigenvalue weighted by Gasteiger charge is -2.22. The minimum absolute atomic E-state index is 0.0683. The zero-order valence-electron chi connectivity index (χ0n) is 26.9. The van der Waals surface area contributed by atoms with Crippen LogP contribution in [-0.4, -0.2) is 75.9 Å². The van der Waals surface area contributed by atoms with E-state index >= 15 is 0 Å². The molecule has 258 valence electrons. The average molecular weight is 694 g/mol. The van der Waals surface area contributed by atoms with Gasteiger partial charge in [-0.2, -0.15) is 0 Å². The van der Waals surface area contributed by atoms with Crippen LogP contribution in [0.4, 0.5) is 4.79 Å². The molecule has 14 nitrogen and oxygen atoms in total. The van der Waals surface area contributed by atoms with Gasteiger partial charge in [0, 0.05) is 29.7 Å². The fraction of sp³-hybridized carbons (Fsp3) is 0.294. The number of carbonyl (C=O) groups is 4. The lowest BCUT2D eigenvalue weighted by Crippen LogP contribution is -2.45. The number of aromatic amines is 1. The zero-order chi connectivity index (χ0) is 35.5. The van der Waals surface area contributed by atoms with Crippen molar-refractivity contribution in [2.45, 2.75) is 44.9 Å². The van der Waals surface area contributed by atoms with Crippen molar-refractivity contribution < 1.29 is 38.5 Å². The van der Waals surface area contributed by atoms with Crippen LogP contribution < -0.4 is 16.2 Å². The first-order valence-corrected chi connectivity index (χ1v) is 15.6. The Morgan fingerprint density at radius 3 is 2.33 bits per heavy atom. The summed E-state index contributed by atoms with van der Waals surface area (Å²) < 4.78 is 15.6. The van der Waals surface area contributed by atoms with Gasteiger partial charge in [0.15, 0.2) is 11.9 Å². The Balaban J connectivity index is 1.45. The maximum atomic E-state index is 13.3. The van der Waals surface area contributed by atoms with Gasteiger partial charge in [0.1, 0.15) is 11.7 Å². The van der Waals surface area contributed by atoms with Crippen LogP contribution in [0.25, 0.3) is 16.9 Å². The quantitative estimate of drug-likeness (QED) is 0.112. The summed E-state index contributed by atoms with van der Waals surface area (Å²) in [7, 11) is 1.14. The number of amides is 2. The van der Waals surface area contributed by atoms with E-state index in [1.165, 1.54) is 6.20 Å². The normalized spacial score (nSPS) is 12.8. The van der Waals surface area contributed by atoms with E-state index in [4.69, 9.17) is 21.1 Å². The number of hydrogen-bond donors (Lipinski definition) is 4. The number of pyridine rings is 1. The molecular weight excluding hydrogens is 658 g/mol. The smallest absolute Gasteiger partial charge is 0.407 e. The van der Waals surface area contributed by atoms with Crippen molar-refractivity contribution in [1.29, 1.82) is 0 Å². The van der Waals surface area contributed by atoms with E-state index in [-0.39, 0.29) is 30.3 Å². The standard InChI is InChI=1S/C34H36ClN5O9/c1-20(2)30(38-34(46)47-3)33(45)49-19-48-32(44)27(41)17-25(15-21-10-12-22(13-11-21)23-7-6-8-24(35)16-23)37-31(43)26-18-29(42)40(39-26)28-9-4-5-14-36-28/h4-14,16,18,20,25,27,30,39,41H,15,17,19H2,1-3H3,(H,37,43)(H,38,46)/t25-,27?,30+/m1/s1. The third kappa shape index (κ3) is 10.3. The molecule has 0 saturated heterocycles. The fourth-order valence-electron chi connectivity index (χ4n) is 4.79. The monoisotopic (exact) mass is 693 g/mol. The molecule has 0 aliphatic heterocycles. The van der Waals surface area contributed by atoms with Crippen molar-refractivity contribution >= 4 is 35.5 Å². The van der Waals surface area contributed by atoms with Gasteiger partial charge in [0.2, 0.25) is 6.79 Å². The minimum Gasteiger partial charge on any atom is -0.453 e. The highest BCUT2D eigenvalue weighted by molar-refractivity contribution is 6.30. The molecule has 4 aromatic rings. The molecule has 1 unspecified atom stereocenters. The van der Waals surface area contributed by atoms with Crippen LogP contribution in [0.15, 0.2) is 83.8 Å². The summed E-state index contributed by atoms with van der Waals surface area (Å²) in [6, 6.07) is 19.0. The lowest BCUT2D eigenvalue weighted by atomic mass is 9.97. The number of benzene rings is 2. The van der Waals surface area contributed by atoms with Crippen LogP contribution in [-0.2, 0) is 30.2 Å². The van der Waals surface area contributed by atoms with E-state index in [0.717, 1.165) is 34.5 Å². The van der Waals surface area contributed by atoms with Crippen molar-refractivity contribution in [1.82, 2.24) is 25.4 Å². The van der Waals surface area contributed by atoms with Gasteiger partial charge >= 0.3 is 18.0 Å². The van der Waals surface area contributed by atoms with Crippen molar-refractivity contribution in [3.05, 3.63) is 106 Å². The SMILES string of the molecule is COC(=O)N[C@H](C(=O)OCOC(=O)C(O)C[C@@H](Cc1ccc(-c2cccc(Cl)c2)cc1)NC(=O)c1cc(=O)n(-c2ccccn2)[nH]1)C(C)C. The van der Waals surface area contributed by atoms with Gasteiger partial charge in [0.25, 0.3) is 11.5 Å². The lowest BCUT2D eigenvalue weighted by molar-refractivity contribution is -0.175. The Hall–Kier alpha value is -5.47. The zero-order valence-corrected chi connectivity index (χ0v) is 27.7. The van der Waals surface area contributed by atoms with Crippen LogP contribution in [0.5, 0.6) is 0 Å². The van der Waals surface area contributed by atoms with Gasteiger partial charge in [-0.05, 0) is 53.3 Å². The second-order valence-electron chi connectivity index (χ2n) is 11.3. The average Bonchev–Trinajstić information content (AvgIpc) is 3.49. The third-order valence-electron chi connectivity index (χ3n) is 7.33. The third-order valence-corrected chi connectivity index (χ3v) is 7.57. The van der Waals surface area contributed by atoms with Crippen LogP contribution in [0.1, 0.15) is 36.3 Å². The second-order valence-corrected chi connectivity index (χ2v) is 11.7. The number of rotatable bonds is 14. The molecule has 4 rings (SSSR count). The Labute approximate surface area is 286 Å². The molecule has 0 aliphatic carbocycles. The first-order chi connectivity index (χ1) is 23.4. The maximum absolute atomic E-state index is 13.3. The molecular formula is C34H36ClN5O9. The first kappa shape index (κ1) is 36.4. The van der Waals surface area contributed by atoms with Gasteiger partial charge in [-0.1, -0.05) is 67.9 Å². The van der Waals surface area contributed by atoms with E-state index in [2.05, 4.69) is 25.5 Å². The highest BCUT2D eigenvalue weighted by Crippen LogP contribution is 2.23. The number of halogens is 1. The van der Waals surface area contributed by atoms with Gasteiger partial charge < -0.3 is 30.0 Å². The number of carbonyl (C=O) groups excluding carboxylic acids is 4. The van der Waals surface area contributed by atoms with E-state index in [9.17, 15) is 29.1 Å². The van der Waals surface area contributed by atoms with Crippen molar-refractivity contribution in [2.24, 2.45) is 5.92 Å². The van der Waals surface area contributed by atoms with Gasteiger partial charge in [-0.3, -0.25) is 14.7 Å². The molecule has 2 heterocycles. The number of H-pyrrole nitrogens is 1. The number of alkyl carbamates (subject to hydrolysis) is 1. The number of aromatic nitrogens is 3. The molecule has 0 aliphatic rings. The summed E-state index contributed by atoms with van der Waals surface area (Å²) in [6.45, 7) is 2.51. The number of hydrogen-bond acceptors (Lipinski definition) is 10. The molecule has 4 N–H and O–H groups in total. The highest BCUT2D eigenvalue weighted by Gasteiger charge is 2.28. The Bertz CT molecular complexity index is 1810. The van der Waals surface area contributed by atoms with E-state index in [1.807, 2.05) is 42.5 Å². The fourth-order valence-corrected chi connectivity index (χ4v) is 4.98. The summed E-state index contributed by atoms with van der Waals surface area (Å²) in [4.78, 5) is 66.7.